The number of anilines is 1. The van der Waals surface area contributed by atoms with E-state index in [1.54, 1.807) is 23.6 Å². The molecule has 1 amide bonds. The fraction of sp³-hybridized carbons (Fsp3) is 0.542. The van der Waals surface area contributed by atoms with Crippen LogP contribution in [0, 0.1) is 0 Å². The van der Waals surface area contributed by atoms with Crippen molar-refractivity contribution in [3.8, 4) is 11.5 Å². The molecule has 1 atom stereocenters. The lowest BCUT2D eigenvalue weighted by Gasteiger charge is -2.28. The Hall–Kier alpha value is -2.68. The van der Waals surface area contributed by atoms with Crippen LogP contribution in [0.15, 0.2) is 34.6 Å². The molecule has 0 aliphatic carbocycles. The molecule has 0 saturated carbocycles. The van der Waals surface area contributed by atoms with Gasteiger partial charge in [-0.25, -0.2) is 4.68 Å². The lowest BCUT2D eigenvalue weighted by molar-refractivity contribution is -0.115. The number of thioether (sulfide) groups is 1. The number of primary amides is 1. The van der Waals surface area contributed by atoms with Gasteiger partial charge in [-0.15, -0.1) is 5.10 Å². The second kappa shape index (κ2) is 12.0. The van der Waals surface area contributed by atoms with Gasteiger partial charge in [0.25, 0.3) is 0 Å². The summed E-state index contributed by atoms with van der Waals surface area (Å²) in [6.45, 7) is 6.82. The number of aromatic nitrogens is 3. The highest BCUT2D eigenvalue weighted by atomic mass is 32.2. The number of carbonyl (C=O) groups is 1. The van der Waals surface area contributed by atoms with Gasteiger partial charge in [-0.3, -0.25) is 4.79 Å². The van der Waals surface area contributed by atoms with Crippen LogP contribution in [0.25, 0.3) is 0 Å². The van der Waals surface area contributed by atoms with E-state index in [9.17, 15) is 4.79 Å². The molecule has 1 aromatic heterocycles. The Labute approximate surface area is 200 Å². The molecule has 3 N–H and O–H groups in total. The molecule has 1 unspecified atom stereocenters. The van der Waals surface area contributed by atoms with E-state index in [4.69, 9.17) is 20.3 Å². The molecule has 3 rings (SSSR count). The molecule has 0 spiro atoms. The predicted molar refractivity (Wildman–Crippen MR) is 132 cm³/mol. The standard InChI is InChI=1S/C24H35N5O3S/c1-5-7-9-10-13-32-18-12-11-17(15-19(18)31-4)21-20(22(25)30)16(3)26-23-27-24(28-29(21)23)33-14-8-6-2/h11-12,15,21H,5-10,13-14H2,1-4H3,(H2,25,30)(H,26,27,28). The van der Waals surface area contributed by atoms with E-state index in [0.717, 1.165) is 37.0 Å². The van der Waals surface area contributed by atoms with Gasteiger partial charge in [0.2, 0.25) is 17.0 Å². The fourth-order valence-corrected chi connectivity index (χ4v) is 4.72. The SMILES string of the molecule is CCCCCCOc1ccc(C2C(C(N)=O)=C(C)Nc3nc(SCCCC)nn32)cc1OC. The molecule has 0 bridgehead atoms. The molecule has 8 nitrogen and oxygen atoms in total. The number of hydrogen-bond donors (Lipinski definition) is 2. The zero-order chi connectivity index (χ0) is 23.8. The summed E-state index contributed by atoms with van der Waals surface area (Å²) >= 11 is 1.61. The highest BCUT2D eigenvalue weighted by molar-refractivity contribution is 7.99. The Balaban J connectivity index is 1.91. The summed E-state index contributed by atoms with van der Waals surface area (Å²) < 4.78 is 13.3. The van der Waals surface area contributed by atoms with Gasteiger partial charge in [0.1, 0.15) is 6.04 Å². The van der Waals surface area contributed by atoms with Crippen molar-refractivity contribution in [3.63, 3.8) is 0 Å². The molecule has 180 valence electrons. The average Bonchev–Trinajstić information content (AvgIpc) is 3.20. The van der Waals surface area contributed by atoms with Gasteiger partial charge in [-0.1, -0.05) is 57.4 Å². The van der Waals surface area contributed by atoms with E-state index in [-0.39, 0.29) is 0 Å². The second-order valence-corrected chi connectivity index (χ2v) is 9.18. The lowest BCUT2D eigenvalue weighted by Crippen LogP contribution is -2.31. The summed E-state index contributed by atoms with van der Waals surface area (Å²) in [6.07, 6.45) is 6.74. The average molecular weight is 474 g/mol. The van der Waals surface area contributed by atoms with Crippen molar-refractivity contribution in [2.24, 2.45) is 5.73 Å². The van der Waals surface area contributed by atoms with Crippen LogP contribution in [0.3, 0.4) is 0 Å². The van der Waals surface area contributed by atoms with Crippen LogP contribution >= 0.6 is 11.8 Å². The summed E-state index contributed by atoms with van der Waals surface area (Å²) in [6, 6.07) is 5.21. The minimum atomic E-state index is -0.501. The van der Waals surface area contributed by atoms with Crippen LogP contribution in [-0.2, 0) is 4.79 Å². The van der Waals surface area contributed by atoms with Crippen molar-refractivity contribution < 1.29 is 14.3 Å². The van der Waals surface area contributed by atoms with Crippen LogP contribution in [0.2, 0.25) is 0 Å². The first-order chi connectivity index (χ1) is 16.0. The smallest absolute Gasteiger partial charge is 0.248 e. The van der Waals surface area contributed by atoms with E-state index in [0.29, 0.717) is 40.5 Å². The van der Waals surface area contributed by atoms with Gasteiger partial charge >= 0.3 is 0 Å². The highest BCUT2D eigenvalue weighted by Gasteiger charge is 2.33. The van der Waals surface area contributed by atoms with Crippen LogP contribution < -0.4 is 20.5 Å². The summed E-state index contributed by atoms with van der Waals surface area (Å²) in [4.78, 5) is 17.1. The topological polar surface area (TPSA) is 104 Å². The first-order valence-electron chi connectivity index (χ1n) is 11.7. The Morgan fingerprint density at radius 3 is 2.67 bits per heavy atom. The van der Waals surface area contributed by atoms with E-state index in [2.05, 4.69) is 24.1 Å². The van der Waals surface area contributed by atoms with Gasteiger partial charge < -0.3 is 20.5 Å². The molecule has 9 heteroatoms. The lowest BCUT2D eigenvalue weighted by atomic mass is 9.95. The second-order valence-electron chi connectivity index (χ2n) is 8.11. The Kier molecular flexibility index (Phi) is 9.05. The Morgan fingerprint density at radius 2 is 1.97 bits per heavy atom. The molecule has 1 aromatic carbocycles. The molecule has 33 heavy (non-hydrogen) atoms. The molecule has 2 heterocycles. The maximum Gasteiger partial charge on any atom is 0.248 e. The van der Waals surface area contributed by atoms with Gasteiger partial charge in [-0.2, -0.15) is 4.98 Å². The quantitative estimate of drug-likeness (QED) is 0.314. The third-order valence-electron chi connectivity index (χ3n) is 5.59. The molecule has 1 aliphatic heterocycles. The minimum absolute atomic E-state index is 0.452. The van der Waals surface area contributed by atoms with Crippen molar-refractivity contribution in [2.75, 3.05) is 24.8 Å². The summed E-state index contributed by atoms with van der Waals surface area (Å²) in [5, 5.41) is 8.56. The van der Waals surface area contributed by atoms with Crippen LogP contribution in [0.4, 0.5) is 5.95 Å². The Bertz CT molecular complexity index is 988. The number of carbonyl (C=O) groups excluding carboxylic acids is 1. The minimum Gasteiger partial charge on any atom is -0.493 e. The van der Waals surface area contributed by atoms with Crippen molar-refractivity contribution in [3.05, 3.63) is 35.0 Å². The number of nitrogens with two attached hydrogens (primary N) is 1. The molecular formula is C24H35N5O3S. The number of benzene rings is 1. The number of fused-ring (bicyclic) bond motifs is 1. The van der Waals surface area contributed by atoms with E-state index in [1.165, 1.54) is 12.8 Å². The first-order valence-corrected chi connectivity index (χ1v) is 12.7. The van der Waals surface area contributed by atoms with Crippen molar-refractivity contribution >= 4 is 23.6 Å². The molecular weight excluding hydrogens is 438 g/mol. The number of methoxy groups -OCH3 is 1. The summed E-state index contributed by atoms with van der Waals surface area (Å²) in [7, 11) is 1.62. The van der Waals surface area contributed by atoms with Crippen molar-refractivity contribution in [1.82, 2.24) is 14.8 Å². The van der Waals surface area contributed by atoms with Gasteiger partial charge in [0, 0.05) is 11.4 Å². The maximum absolute atomic E-state index is 12.4. The monoisotopic (exact) mass is 473 g/mol. The highest BCUT2D eigenvalue weighted by Crippen LogP contribution is 2.39. The molecule has 0 fully saturated rings. The van der Waals surface area contributed by atoms with Crippen LogP contribution in [0.5, 0.6) is 11.5 Å². The number of rotatable bonds is 13. The van der Waals surface area contributed by atoms with E-state index < -0.39 is 11.9 Å². The van der Waals surface area contributed by atoms with Crippen molar-refractivity contribution in [1.29, 1.82) is 0 Å². The molecule has 0 radical (unpaired) electrons. The summed E-state index contributed by atoms with van der Waals surface area (Å²) in [5.74, 6) is 2.33. The number of ether oxygens (including phenoxy) is 2. The largest absolute Gasteiger partial charge is 0.493 e. The summed E-state index contributed by atoms with van der Waals surface area (Å²) in [5.41, 5.74) is 7.75. The molecule has 1 aliphatic rings. The van der Waals surface area contributed by atoms with Crippen molar-refractivity contribution in [2.45, 2.75) is 70.5 Å². The number of amides is 1. The fourth-order valence-electron chi connectivity index (χ4n) is 3.81. The zero-order valence-corrected chi connectivity index (χ0v) is 20.8. The number of allylic oxidation sites excluding steroid dienone is 1. The third-order valence-corrected chi connectivity index (χ3v) is 6.51. The number of hydrogen-bond acceptors (Lipinski definition) is 7. The zero-order valence-electron chi connectivity index (χ0n) is 20.0. The van der Waals surface area contributed by atoms with Gasteiger partial charge in [0.15, 0.2) is 11.5 Å². The maximum atomic E-state index is 12.4. The normalized spacial score (nSPS) is 15.2. The molecule has 2 aromatic rings. The van der Waals surface area contributed by atoms with Crippen LogP contribution in [-0.4, -0.2) is 40.1 Å². The Morgan fingerprint density at radius 1 is 1.18 bits per heavy atom. The molecule has 0 saturated heterocycles. The van der Waals surface area contributed by atoms with Gasteiger partial charge in [-0.05, 0) is 37.5 Å². The predicted octanol–water partition coefficient (Wildman–Crippen LogP) is 4.91. The number of nitrogens with one attached hydrogen (secondary N) is 1. The van der Waals surface area contributed by atoms with Crippen LogP contribution in [0.1, 0.15) is 70.9 Å². The van der Waals surface area contributed by atoms with E-state index >= 15 is 0 Å². The van der Waals surface area contributed by atoms with Gasteiger partial charge in [0.05, 0.1) is 19.3 Å². The third kappa shape index (κ3) is 6.01. The van der Waals surface area contributed by atoms with E-state index in [1.807, 2.05) is 25.1 Å². The number of unbranched alkanes of at least 4 members (excludes halogenated alkanes) is 4. The first kappa shape index (κ1) is 25.0. The number of nitrogens with zero attached hydrogens (tertiary/aromatic N) is 3.